The van der Waals surface area contributed by atoms with Gasteiger partial charge in [0.25, 0.3) is 0 Å². The fourth-order valence-corrected chi connectivity index (χ4v) is 3.37. The van der Waals surface area contributed by atoms with Crippen molar-refractivity contribution in [3.63, 3.8) is 0 Å². The lowest BCUT2D eigenvalue weighted by atomic mass is 9.71. The maximum Gasteiger partial charge on any atom is 0.119 e. The first-order chi connectivity index (χ1) is 13.7. The molecule has 4 heteroatoms. The maximum atomic E-state index is 8.94. The molecule has 0 aromatic heterocycles. The number of rotatable bonds is 9. The lowest BCUT2D eigenvalue weighted by Crippen LogP contribution is -2.25. The average molecular weight is 378 g/mol. The molecule has 2 N–H and O–H groups in total. The van der Waals surface area contributed by atoms with E-state index in [4.69, 9.17) is 19.7 Å². The Kier molecular flexibility index (Phi) is 6.69. The lowest BCUT2D eigenvalue weighted by molar-refractivity contribution is 0.201. The summed E-state index contributed by atoms with van der Waals surface area (Å²) in [6, 6.07) is 26.4. The molecule has 146 valence electrons. The Bertz CT molecular complexity index is 791. The smallest absolute Gasteiger partial charge is 0.119 e. The molecule has 3 aromatic rings. The van der Waals surface area contributed by atoms with E-state index in [0.717, 1.165) is 22.6 Å². The van der Waals surface area contributed by atoms with Crippen molar-refractivity contribution < 1.29 is 19.7 Å². The second kappa shape index (κ2) is 9.40. The van der Waals surface area contributed by atoms with Crippen LogP contribution < -0.4 is 9.47 Å². The molecular weight excluding hydrogens is 352 g/mol. The molecule has 4 nitrogen and oxygen atoms in total. The third-order valence-corrected chi connectivity index (χ3v) is 4.93. The topological polar surface area (TPSA) is 58.9 Å². The van der Waals surface area contributed by atoms with Crippen molar-refractivity contribution in [1.82, 2.24) is 0 Å². The fourth-order valence-electron chi connectivity index (χ4n) is 3.37. The van der Waals surface area contributed by atoms with Gasteiger partial charge in [-0.05, 0) is 47.9 Å². The first-order valence-corrected chi connectivity index (χ1v) is 9.42. The van der Waals surface area contributed by atoms with Gasteiger partial charge < -0.3 is 19.7 Å². The first-order valence-electron chi connectivity index (χ1n) is 9.42. The van der Waals surface area contributed by atoms with Crippen molar-refractivity contribution in [2.45, 2.75) is 12.3 Å². The number of aliphatic hydroxyl groups excluding tert-OH is 2. The maximum absolute atomic E-state index is 8.94. The van der Waals surface area contributed by atoms with Gasteiger partial charge in [-0.15, -0.1) is 0 Å². The van der Waals surface area contributed by atoms with Crippen LogP contribution in [0.1, 0.15) is 23.6 Å². The third-order valence-electron chi connectivity index (χ3n) is 4.93. The quantitative estimate of drug-likeness (QED) is 0.556. The SMILES string of the molecule is CC(c1ccccc1)(c1ccc(OCCO)cc1)c1ccc(OCCO)cc1. The van der Waals surface area contributed by atoms with Gasteiger partial charge in [0.1, 0.15) is 24.7 Å². The molecule has 0 amide bonds. The Labute approximate surface area is 166 Å². The van der Waals surface area contributed by atoms with E-state index in [1.54, 1.807) is 0 Å². The molecule has 0 aliphatic rings. The molecule has 3 rings (SSSR count). The van der Waals surface area contributed by atoms with Crippen LogP contribution in [0.15, 0.2) is 78.9 Å². The fraction of sp³-hybridized carbons (Fsp3) is 0.250. The van der Waals surface area contributed by atoms with Gasteiger partial charge in [0.05, 0.1) is 13.2 Å². The lowest BCUT2D eigenvalue weighted by Gasteiger charge is -2.32. The van der Waals surface area contributed by atoms with Crippen LogP contribution in [0.5, 0.6) is 11.5 Å². The van der Waals surface area contributed by atoms with Gasteiger partial charge in [-0.1, -0.05) is 54.6 Å². The molecule has 0 spiro atoms. The summed E-state index contributed by atoms with van der Waals surface area (Å²) in [5, 5.41) is 17.9. The van der Waals surface area contributed by atoms with Gasteiger partial charge in [-0.2, -0.15) is 0 Å². The molecule has 28 heavy (non-hydrogen) atoms. The minimum Gasteiger partial charge on any atom is -0.491 e. The van der Waals surface area contributed by atoms with Crippen LogP contribution in [0.2, 0.25) is 0 Å². The molecule has 0 saturated heterocycles. The summed E-state index contributed by atoms with van der Waals surface area (Å²) in [6.45, 7) is 2.76. The minimum atomic E-state index is -0.355. The van der Waals surface area contributed by atoms with E-state index < -0.39 is 0 Å². The summed E-state index contributed by atoms with van der Waals surface area (Å²) >= 11 is 0. The number of ether oxygens (including phenoxy) is 2. The normalized spacial score (nSPS) is 11.2. The van der Waals surface area contributed by atoms with Crippen LogP contribution in [0.3, 0.4) is 0 Å². The summed E-state index contributed by atoms with van der Waals surface area (Å²) in [5.41, 5.74) is 3.10. The first kappa shape index (κ1) is 19.9. The van der Waals surface area contributed by atoms with Crippen molar-refractivity contribution in [2.75, 3.05) is 26.4 Å². The molecule has 0 heterocycles. The molecule has 0 radical (unpaired) electrons. The van der Waals surface area contributed by atoms with E-state index >= 15 is 0 Å². The van der Waals surface area contributed by atoms with E-state index in [1.165, 1.54) is 5.56 Å². The van der Waals surface area contributed by atoms with E-state index in [-0.39, 0.29) is 31.8 Å². The zero-order chi connectivity index (χ0) is 19.8. The Hall–Kier alpha value is -2.82. The molecule has 0 bridgehead atoms. The van der Waals surface area contributed by atoms with Crippen LogP contribution >= 0.6 is 0 Å². The standard InChI is InChI=1S/C24H26O4/c1-24(19-5-3-2-4-6-19,20-7-11-22(12-8-20)27-17-15-25)21-9-13-23(14-10-21)28-18-16-26/h2-14,25-26H,15-18H2,1H3. The Morgan fingerprint density at radius 2 is 1.00 bits per heavy atom. The summed E-state index contributed by atoms with van der Waals surface area (Å²) in [7, 11) is 0. The molecule has 0 saturated carbocycles. The predicted molar refractivity (Wildman–Crippen MR) is 110 cm³/mol. The Balaban J connectivity index is 1.99. The van der Waals surface area contributed by atoms with Crippen LogP contribution in [0.4, 0.5) is 0 Å². The summed E-state index contributed by atoms with van der Waals surface area (Å²) in [4.78, 5) is 0. The highest BCUT2D eigenvalue weighted by atomic mass is 16.5. The highest BCUT2D eigenvalue weighted by Gasteiger charge is 2.31. The second-order valence-corrected chi connectivity index (χ2v) is 6.68. The van der Waals surface area contributed by atoms with Crippen molar-refractivity contribution in [2.24, 2.45) is 0 Å². The Morgan fingerprint density at radius 1 is 0.607 bits per heavy atom. The number of hydrogen-bond acceptors (Lipinski definition) is 4. The van der Waals surface area contributed by atoms with E-state index in [2.05, 4.69) is 43.3 Å². The van der Waals surface area contributed by atoms with Crippen LogP contribution in [-0.4, -0.2) is 36.6 Å². The van der Waals surface area contributed by atoms with Crippen LogP contribution in [-0.2, 0) is 5.41 Å². The van der Waals surface area contributed by atoms with Gasteiger partial charge in [-0.3, -0.25) is 0 Å². The van der Waals surface area contributed by atoms with Crippen molar-refractivity contribution >= 4 is 0 Å². The highest BCUT2D eigenvalue weighted by Crippen LogP contribution is 2.39. The van der Waals surface area contributed by atoms with Crippen molar-refractivity contribution in [3.05, 3.63) is 95.6 Å². The number of aliphatic hydroxyl groups is 2. The van der Waals surface area contributed by atoms with E-state index in [9.17, 15) is 0 Å². The monoisotopic (exact) mass is 378 g/mol. The summed E-state index contributed by atoms with van der Waals surface area (Å²) < 4.78 is 11.0. The molecule has 0 fully saturated rings. The molecule has 0 atom stereocenters. The van der Waals surface area contributed by atoms with Crippen LogP contribution in [0.25, 0.3) is 0 Å². The molecule has 3 aromatic carbocycles. The Morgan fingerprint density at radius 3 is 1.39 bits per heavy atom. The second-order valence-electron chi connectivity index (χ2n) is 6.68. The van der Waals surface area contributed by atoms with Gasteiger partial charge >= 0.3 is 0 Å². The largest absolute Gasteiger partial charge is 0.491 e. The van der Waals surface area contributed by atoms with Crippen molar-refractivity contribution in [1.29, 1.82) is 0 Å². The molecule has 0 aliphatic carbocycles. The summed E-state index contributed by atoms with van der Waals surface area (Å²) in [5.74, 6) is 1.47. The van der Waals surface area contributed by atoms with Gasteiger partial charge in [0, 0.05) is 5.41 Å². The van der Waals surface area contributed by atoms with E-state index in [0.29, 0.717) is 0 Å². The van der Waals surface area contributed by atoms with Gasteiger partial charge in [-0.25, -0.2) is 0 Å². The minimum absolute atomic E-state index is 0.00577. The predicted octanol–water partition coefficient (Wildman–Crippen LogP) is 3.78. The highest BCUT2D eigenvalue weighted by molar-refractivity contribution is 5.51. The number of hydrogen-bond donors (Lipinski definition) is 2. The van der Waals surface area contributed by atoms with Gasteiger partial charge in [0.2, 0.25) is 0 Å². The summed E-state index contributed by atoms with van der Waals surface area (Å²) in [6.07, 6.45) is 0. The molecule has 0 aliphatic heterocycles. The van der Waals surface area contributed by atoms with Gasteiger partial charge in [0.15, 0.2) is 0 Å². The number of benzene rings is 3. The molecular formula is C24H26O4. The molecule has 0 unspecified atom stereocenters. The van der Waals surface area contributed by atoms with E-state index in [1.807, 2.05) is 42.5 Å². The zero-order valence-electron chi connectivity index (χ0n) is 16.0. The van der Waals surface area contributed by atoms with Crippen LogP contribution in [0, 0.1) is 0 Å². The zero-order valence-corrected chi connectivity index (χ0v) is 16.0. The third kappa shape index (κ3) is 4.35. The average Bonchev–Trinajstić information content (AvgIpc) is 2.77. The van der Waals surface area contributed by atoms with Crippen molar-refractivity contribution in [3.8, 4) is 11.5 Å².